The Morgan fingerprint density at radius 2 is 2.42 bits per heavy atom. The lowest BCUT2D eigenvalue weighted by molar-refractivity contribution is 0.0667. The molecule has 1 fully saturated rings. The summed E-state index contributed by atoms with van der Waals surface area (Å²) in [6.45, 7) is 3.39. The van der Waals surface area contributed by atoms with Crippen LogP contribution in [0.15, 0.2) is 24.5 Å². The SMILES string of the molecule is Cc1cc(C(=O)N2CCCC(n3cccn3)C2)n[nH]1. The van der Waals surface area contributed by atoms with E-state index in [0.717, 1.165) is 25.1 Å². The fraction of sp³-hybridized carbons (Fsp3) is 0.462. The summed E-state index contributed by atoms with van der Waals surface area (Å²) in [5.74, 6) is 0.00112. The smallest absolute Gasteiger partial charge is 0.274 e. The van der Waals surface area contributed by atoms with Gasteiger partial charge in [0.15, 0.2) is 0 Å². The largest absolute Gasteiger partial charge is 0.335 e. The summed E-state index contributed by atoms with van der Waals surface area (Å²) in [6.07, 6.45) is 5.79. The normalized spacial score (nSPS) is 19.6. The first-order chi connectivity index (χ1) is 9.24. The fourth-order valence-electron chi connectivity index (χ4n) is 2.54. The van der Waals surface area contributed by atoms with Gasteiger partial charge in [0.2, 0.25) is 0 Å². The Morgan fingerprint density at radius 3 is 3.11 bits per heavy atom. The van der Waals surface area contributed by atoms with Gasteiger partial charge in [0.05, 0.1) is 6.04 Å². The number of nitrogens with zero attached hydrogens (tertiary/aromatic N) is 4. The maximum absolute atomic E-state index is 12.3. The molecule has 0 aliphatic carbocycles. The van der Waals surface area contributed by atoms with Crippen LogP contribution in [0, 0.1) is 6.92 Å². The average Bonchev–Trinajstić information content (AvgIpc) is 3.09. The molecule has 1 saturated heterocycles. The number of aromatic amines is 1. The van der Waals surface area contributed by atoms with Gasteiger partial charge >= 0.3 is 0 Å². The van der Waals surface area contributed by atoms with E-state index in [-0.39, 0.29) is 11.9 Å². The predicted octanol–water partition coefficient (Wildman–Crippen LogP) is 1.39. The van der Waals surface area contributed by atoms with E-state index < -0.39 is 0 Å². The molecular formula is C13H17N5O. The van der Waals surface area contributed by atoms with Crippen LogP contribution in [0.1, 0.15) is 35.1 Å². The van der Waals surface area contributed by atoms with Crippen LogP contribution >= 0.6 is 0 Å². The third-order valence-corrected chi connectivity index (χ3v) is 3.51. The summed E-state index contributed by atoms with van der Waals surface area (Å²) < 4.78 is 1.94. The van der Waals surface area contributed by atoms with Gasteiger partial charge in [-0.15, -0.1) is 0 Å². The summed E-state index contributed by atoms with van der Waals surface area (Å²) in [5.41, 5.74) is 1.41. The number of nitrogens with one attached hydrogen (secondary N) is 1. The van der Waals surface area contributed by atoms with E-state index in [4.69, 9.17) is 0 Å². The summed E-state index contributed by atoms with van der Waals surface area (Å²) in [5, 5.41) is 11.1. The van der Waals surface area contributed by atoms with Gasteiger partial charge in [-0.1, -0.05) is 0 Å². The quantitative estimate of drug-likeness (QED) is 0.886. The Bertz CT molecular complexity index is 559. The number of carbonyl (C=O) groups is 1. The number of rotatable bonds is 2. The van der Waals surface area contributed by atoms with Crippen molar-refractivity contribution in [1.29, 1.82) is 0 Å². The first-order valence-corrected chi connectivity index (χ1v) is 6.54. The van der Waals surface area contributed by atoms with Crippen molar-refractivity contribution in [3.8, 4) is 0 Å². The molecule has 0 aromatic carbocycles. The van der Waals surface area contributed by atoms with Crippen LogP contribution in [-0.4, -0.2) is 43.9 Å². The van der Waals surface area contributed by atoms with Crippen LogP contribution in [0.5, 0.6) is 0 Å². The number of piperidine rings is 1. The van der Waals surface area contributed by atoms with Gasteiger partial charge in [0, 0.05) is 31.2 Å². The Hall–Kier alpha value is -2.11. The molecule has 1 amide bonds. The van der Waals surface area contributed by atoms with Crippen molar-refractivity contribution < 1.29 is 4.79 Å². The molecule has 0 spiro atoms. The Morgan fingerprint density at radius 1 is 1.53 bits per heavy atom. The van der Waals surface area contributed by atoms with Crippen LogP contribution in [-0.2, 0) is 0 Å². The molecule has 3 rings (SSSR count). The minimum absolute atomic E-state index is 0.00112. The number of carbonyl (C=O) groups excluding carboxylic acids is 1. The maximum atomic E-state index is 12.3. The van der Waals surface area contributed by atoms with Gasteiger partial charge in [-0.25, -0.2) is 0 Å². The van der Waals surface area contributed by atoms with Crippen molar-refractivity contribution in [1.82, 2.24) is 24.9 Å². The average molecular weight is 259 g/mol. The van der Waals surface area contributed by atoms with Gasteiger partial charge in [-0.3, -0.25) is 14.6 Å². The van der Waals surface area contributed by atoms with E-state index in [1.165, 1.54) is 0 Å². The van der Waals surface area contributed by atoms with E-state index in [9.17, 15) is 4.79 Å². The second-order valence-electron chi connectivity index (χ2n) is 4.97. The lowest BCUT2D eigenvalue weighted by atomic mass is 10.1. The van der Waals surface area contributed by atoms with Crippen molar-refractivity contribution in [3.05, 3.63) is 35.9 Å². The van der Waals surface area contributed by atoms with E-state index in [2.05, 4.69) is 15.3 Å². The van der Waals surface area contributed by atoms with Crippen LogP contribution in [0.2, 0.25) is 0 Å². The van der Waals surface area contributed by atoms with Crippen LogP contribution in [0.4, 0.5) is 0 Å². The lowest BCUT2D eigenvalue weighted by Gasteiger charge is -2.32. The van der Waals surface area contributed by atoms with E-state index in [0.29, 0.717) is 12.2 Å². The van der Waals surface area contributed by atoms with Crippen LogP contribution in [0.25, 0.3) is 0 Å². The van der Waals surface area contributed by atoms with Gasteiger partial charge in [0.1, 0.15) is 5.69 Å². The van der Waals surface area contributed by atoms with E-state index in [1.54, 1.807) is 12.3 Å². The van der Waals surface area contributed by atoms with E-state index >= 15 is 0 Å². The molecule has 100 valence electrons. The molecule has 1 atom stereocenters. The molecule has 1 unspecified atom stereocenters. The van der Waals surface area contributed by atoms with Crippen molar-refractivity contribution in [2.24, 2.45) is 0 Å². The second-order valence-corrected chi connectivity index (χ2v) is 4.97. The first kappa shape index (κ1) is 12.0. The number of amides is 1. The fourth-order valence-corrected chi connectivity index (χ4v) is 2.54. The van der Waals surface area contributed by atoms with Gasteiger partial charge in [-0.2, -0.15) is 10.2 Å². The molecule has 19 heavy (non-hydrogen) atoms. The first-order valence-electron chi connectivity index (χ1n) is 6.54. The standard InChI is InChI=1S/C13H17N5O/c1-10-8-12(16-15-10)13(19)17-6-2-4-11(9-17)18-7-3-5-14-18/h3,5,7-8,11H,2,4,6,9H2,1H3,(H,15,16). The highest BCUT2D eigenvalue weighted by Crippen LogP contribution is 2.21. The zero-order valence-corrected chi connectivity index (χ0v) is 10.9. The van der Waals surface area contributed by atoms with Crippen LogP contribution < -0.4 is 0 Å². The maximum Gasteiger partial charge on any atom is 0.274 e. The van der Waals surface area contributed by atoms with Crippen LogP contribution in [0.3, 0.4) is 0 Å². The second kappa shape index (κ2) is 4.87. The Labute approximate surface area is 111 Å². The molecule has 6 heteroatoms. The summed E-state index contributed by atoms with van der Waals surface area (Å²) in [6, 6.07) is 3.98. The highest BCUT2D eigenvalue weighted by molar-refractivity contribution is 5.92. The molecule has 1 aliphatic heterocycles. The number of hydrogen-bond acceptors (Lipinski definition) is 3. The number of aryl methyl sites for hydroxylation is 1. The number of likely N-dealkylation sites (tertiary alicyclic amines) is 1. The molecular weight excluding hydrogens is 242 g/mol. The highest BCUT2D eigenvalue weighted by atomic mass is 16.2. The van der Waals surface area contributed by atoms with Crippen molar-refractivity contribution in [2.45, 2.75) is 25.8 Å². The topological polar surface area (TPSA) is 66.8 Å². The Balaban J connectivity index is 1.73. The molecule has 6 nitrogen and oxygen atoms in total. The molecule has 2 aromatic heterocycles. The minimum Gasteiger partial charge on any atom is -0.335 e. The summed E-state index contributed by atoms with van der Waals surface area (Å²) in [4.78, 5) is 14.2. The number of H-pyrrole nitrogens is 1. The number of aromatic nitrogens is 4. The van der Waals surface area contributed by atoms with Gasteiger partial charge in [-0.05, 0) is 31.9 Å². The molecule has 0 radical (unpaired) electrons. The summed E-state index contributed by atoms with van der Waals surface area (Å²) in [7, 11) is 0. The van der Waals surface area contributed by atoms with Crippen molar-refractivity contribution >= 4 is 5.91 Å². The van der Waals surface area contributed by atoms with E-state index in [1.807, 2.05) is 28.8 Å². The zero-order valence-electron chi connectivity index (χ0n) is 10.9. The zero-order chi connectivity index (χ0) is 13.2. The van der Waals surface area contributed by atoms with Crippen molar-refractivity contribution in [3.63, 3.8) is 0 Å². The molecule has 1 N–H and O–H groups in total. The molecule has 2 aromatic rings. The minimum atomic E-state index is 0.00112. The van der Waals surface area contributed by atoms with Crippen molar-refractivity contribution in [2.75, 3.05) is 13.1 Å². The number of hydrogen-bond donors (Lipinski definition) is 1. The molecule has 0 bridgehead atoms. The lowest BCUT2D eigenvalue weighted by Crippen LogP contribution is -2.41. The van der Waals surface area contributed by atoms with Gasteiger partial charge < -0.3 is 4.90 Å². The van der Waals surface area contributed by atoms with Gasteiger partial charge in [0.25, 0.3) is 5.91 Å². The summed E-state index contributed by atoms with van der Waals surface area (Å²) >= 11 is 0. The predicted molar refractivity (Wildman–Crippen MR) is 69.7 cm³/mol. The third-order valence-electron chi connectivity index (χ3n) is 3.51. The third kappa shape index (κ3) is 2.38. The molecule has 0 saturated carbocycles. The molecule has 3 heterocycles. The highest BCUT2D eigenvalue weighted by Gasteiger charge is 2.26. The molecule has 1 aliphatic rings. The Kier molecular flexibility index (Phi) is 3.06. The monoisotopic (exact) mass is 259 g/mol.